The van der Waals surface area contributed by atoms with Gasteiger partial charge in [-0.25, -0.2) is 4.79 Å². The van der Waals surface area contributed by atoms with Gasteiger partial charge in [0.15, 0.2) is 5.96 Å². The molecular formula is C26H33N7O5. The van der Waals surface area contributed by atoms with Gasteiger partial charge in [-0.3, -0.25) is 14.6 Å². The zero-order chi connectivity index (χ0) is 27.7. The molecule has 3 atom stereocenters. The van der Waals surface area contributed by atoms with Gasteiger partial charge in [0.1, 0.15) is 17.8 Å². The monoisotopic (exact) mass is 523 g/mol. The van der Waals surface area contributed by atoms with Crippen LogP contribution < -0.4 is 27.8 Å². The van der Waals surface area contributed by atoms with Gasteiger partial charge in [0.25, 0.3) is 0 Å². The summed E-state index contributed by atoms with van der Waals surface area (Å²) in [5.41, 5.74) is 19.3. The lowest BCUT2D eigenvalue weighted by Gasteiger charge is -2.23. The molecule has 12 heteroatoms. The molecule has 0 bridgehead atoms. The summed E-state index contributed by atoms with van der Waals surface area (Å²) in [6.07, 6.45) is 2.51. The molecule has 0 radical (unpaired) electrons. The molecule has 202 valence electrons. The highest BCUT2D eigenvalue weighted by Gasteiger charge is 2.28. The minimum Gasteiger partial charge on any atom is -0.508 e. The SMILES string of the molecule is NC(N)=NCCCC(NC(=O)C(N)Cc1c[nH]c2ccccc12)C(=O)NC(Cc1ccc(O)cc1)C(=O)O. The second-order valence-corrected chi connectivity index (χ2v) is 8.95. The molecular weight excluding hydrogens is 490 g/mol. The number of phenolic OH excluding ortho intramolecular Hbond substituents is 1. The van der Waals surface area contributed by atoms with Gasteiger partial charge in [-0.05, 0) is 48.6 Å². The van der Waals surface area contributed by atoms with Gasteiger partial charge >= 0.3 is 5.97 Å². The number of carbonyl (C=O) groups is 3. The van der Waals surface area contributed by atoms with Crippen LogP contribution in [0.3, 0.4) is 0 Å². The zero-order valence-corrected chi connectivity index (χ0v) is 20.8. The van der Waals surface area contributed by atoms with E-state index in [1.807, 2.05) is 24.3 Å². The molecule has 0 fully saturated rings. The molecule has 0 aliphatic rings. The number of benzene rings is 2. The molecule has 12 nitrogen and oxygen atoms in total. The number of H-pyrrole nitrogens is 1. The van der Waals surface area contributed by atoms with E-state index in [0.29, 0.717) is 12.0 Å². The van der Waals surface area contributed by atoms with Crippen molar-refractivity contribution in [1.82, 2.24) is 15.6 Å². The third kappa shape index (κ3) is 7.96. The lowest BCUT2D eigenvalue weighted by Crippen LogP contribution is -2.55. The maximum absolute atomic E-state index is 13.1. The number of carboxylic acids is 1. The van der Waals surface area contributed by atoms with E-state index in [1.165, 1.54) is 12.1 Å². The Morgan fingerprint density at radius 1 is 0.947 bits per heavy atom. The quantitative estimate of drug-likeness (QED) is 0.0869. The summed E-state index contributed by atoms with van der Waals surface area (Å²) in [4.78, 5) is 45.0. The van der Waals surface area contributed by atoms with Crippen molar-refractivity contribution in [2.24, 2.45) is 22.2 Å². The lowest BCUT2D eigenvalue weighted by molar-refractivity contribution is -0.142. The van der Waals surface area contributed by atoms with E-state index in [9.17, 15) is 24.6 Å². The summed E-state index contributed by atoms with van der Waals surface area (Å²) in [5, 5.41) is 25.2. The first-order chi connectivity index (χ1) is 18.1. The second-order valence-electron chi connectivity index (χ2n) is 8.95. The summed E-state index contributed by atoms with van der Waals surface area (Å²) in [7, 11) is 0. The summed E-state index contributed by atoms with van der Waals surface area (Å²) < 4.78 is 0. The normalized spacial score (nSPS) is 13.3. The van der Waals surface area contributed by atoms with E-state index in [1.54, 1.807) is 18.3 Å². The molecule has 2 amide bonds. The third-order valence-corrected chi connectivity index (χ3v) is 6.02. The van der Waals surface area contributed by atoms with E-state index in [4.69, 9.17) is 17.2 Å². The highest BCUT2D eigenvalue weighted by molar-refractivity contribution is 5.92. The van der Waals surface area contributed by atoms with Crippen molar-refractivity contribution in [3.63, 3.8) is 0 Å². The van der Waals surface area contributed by atoms with Gasteiger partial charge in [-0.2, -0.15) is 0 Å². The minimum atomic E-state index is -1.26. The van der Waals surface area contributed by atoms with Gasteiger partial charge in [-0.15, -0.1) is 0 Å². The smallest absolute Gasteiger partial charge is 0.326 e. The summed E-state index contributed by atoms with van der Waals surface area (Å²) in [5.74, 6) is -2.53. The Balaban J connectivity index is 1.69. The fourth-order valence-electron chi connectivity index (χ4n) is 4.02. The van der Waals surface area contributed by atoms with Gasteiger partial charge in [-0.1, -0.05) is 30.3 Å². The van der Waals surface area contributed by atoms with Crippen LogP contribution in [0.5, 0.6) is 5.75 Å². The van der Waals surface area contributed by atoms with E-state index >= 15 is 0 Å². The Hall–Kier alpha value is -4.58. The minimum absolute atomic E-state index is 0.0178. The number of rotatable bonds is 13. The number of hydrogen-bond acceptors (Lipinski definition) is 6. The highest BCUT2D eigenvalue weighted by atomic mass is 16.4. The van der Waals surface area contributed by atoms with E-state index in [2.05, 4.69) is 20.6 Å². The predicted octanol–water partition coefficient (Wildman–Crippen LogP) is 0.0938. The Bertz CT molecular complexity index is 1280. The van der Waals surface area contributed by atoms with Crippen LogP contribution in [0.2, 0.25) is 0 Å². The topological polar surface area (TPSA) is 222 Å². The number of nitrogens with zero attached hydrogens (tertiary/aromatic N) is 1. The molecule has 38 heavy (non-hydrogen) atoms. The molecule has 1 aromatic heterocycles. The fraction of sp³-hybridized carbons (Fsp3) is 0.308. The van der Waals surface area contributed by atoms with Crippen LogP contribution >= 0.6 is 0 Å². The zero-order valence-electron chi connectivity index (χ0n) is 20.8. The number of hydrogen-bond donors (Lipinski definition) is 8. The fourth-order valence-corrected chi connectivity index (χ4v) is 4.02. The number of aromatic nitrogens is 1. The molecule has 2 aromatic carbocycles. The van der Waals surface area contributed by atoms with Crippen LogP contribution in [0, 0.1) is 0 Å². The number of amides is 2. The number of fused-ring (bicyclic) bond motifs is 1. The van der Waals surface area contributed by atoms with Gasteiger partial charge in [0.2, 0.25) is 11.8 Å². The summed E-state index contributed by atoms with van der Waals surface area (Å²) in [6.45, 7) is 0.221. The first kappa shape index (κ1) is 28.0. The number of aromatic amines is 1. The molecule has 0 saturated carbocycles. The van der Waals surface area contributed by atoms with Crippen molar-refractivity contribution in [3.8, 4) is 5.75 Å². The molecule has 3 aromatic rings. The number of para-hydroxylation sites is 1. The van der Waals surface area contributed by atoms with E-state index in [0.717, 1.165) is 16.5 Å². The van der Waals surface area contributed by atoms with Crippen molar-refractivity contribution < 1.29 is 24.6 Å². The molecule has 1 heterocycles. The van der Waals surface area contributed by atoms with Crippen molar-refractivity contribution >= 4 is 34.6 Å². The van der Waals surface area contributed by atoms with Crippen molar-refractivity contribution in [2.45, 2.75) is 43.8 Å². The largest absolute Gasteiger partial charge is 0.508 e. The Morgan fingerprint density at radius 2 is 1.63 bits per heavy atom. The Kier molecular flexibility index (Phi) is 9.66. The van der Waals surface area contributed by atoms with Crippen LogP contribution in [0.1, 0.15) is 24.0 Å². The second kappa shape index (κ2) is 13.1. The standard InChI is InChI=1S/C26H33N7O5/c27-19(13-16-14-31-20-5-2-1-4-18(16)20)23(35)32-21(6-3-11-30-26(28)29)24(36)33-22(25(37)38)12-15-7-9-17(34)10-8-15/h1-2,4-5,7-10,14,19,21-22,31,34H,3,6,11-13,27H2,(H,32,35)(H,33,36)(H,37,38)(H4,28,29,30). The Morgan fingerprint density at radius 3 is 2.32 bits per heavy atom. The van der Waals surface area contributed by atoms with Gasteiger partial charge in [0, 0.05) is 30.1 Å². The van der Waals surface area contributed by atoms with Crippen LogP contribution in [-0.2, 0) is 27.2 Å². The maximum atomic E-state index is 13.1. The summed E-state index contributed by atoms with van der Waals surface area (Å²) >= 11 is 0. The van der Waals surface area contributed by atoms with Crippen molar-refractivity contribution in [1.29, 1.82) is 0 Å². The number of nitrogens with two attached hydrogens (primary N) is 3. The number of guanidine groups is 1. The van der Waals surface area contributed by atoms with Crippen molar-refractivity contribution in [2.75, 3.05) is 6.54 Å². The molecule has 3 rings (SSSR count). The molecule has 0 aliphatic carbocycles. The molecule has 0 saturated heterocycles. The van der Waals surface area contributed by atoms with E-state index in [-0.39, 0.29) is 37.5 Å². The number of aliphatic imine (C=N–C) groups is 1. The average molecular weight is 524 g/mol. The average Bonchev–Trinajstić information content (AvgIpc) is 3.29. The number of aliphatic carboxylic acids is 1. The number of carboxylic acid groups (broad SMARTS) is 1. The third-order valence-electron chi connectivity index (χ3n) is 6.02. The van der Waals surface area contributed by atoms with Crippen LogP contribution in [0.15, 0.2) is 59.7 Å². The van der Waals surface area contributed by atoms with Crippen molar-refractivity contribution in [3.05, 3.63) is 65.9 Å². The van der Waals surface area contributed by atoms with Gasteiger partial charge < -0.3 is 43.0 Å². The number of aromatic hydroxyl groups is 1. The maximum Gasteiger partial charge on any atom is 0.326 e. The predicted molar refractivity (Wildman–Crippen MR) is 143 cm³/mol. The van der Waals surface area contributed by atoms with Gasteiger partial charge in [0.05, 0.1) is 6.04 Å². The Labute approximate surface area is 219 Å². The first-order valence-electron chi connectivity index (χ1n) is 12.1. The highest BCUT2D eigenvalue weighted by Crippen LogP contribution is 2.19. The van der Waals surface area contributed by atoms with Crippen LogP contribution in [0.25, 0.3) is 10.9 Å². The number of carbonyl (C=O) groups excluding carboxylic acids is 2. The molecule has 0 aliphatic heterocycles. The molecule has 0 spiro atoms. The number of nitrogens with one attached hydrogen (secondary N) is 3. The number of phenols is 1. The molecule has 11 N–H and O–H groups in total. The molecule has 3 unspecified atom stereocenters. The lowest BCUT2D eigenvalue weighted by atomic mass is 10.0. The van der Waals surface area contributed by atoms with Crippen LogP contribution in [0.4, 0.5) is 0 Å². The van der Waals surface area contributed by atoms with E-state index < -0.39 is 35.9 Å². The first-order valence-corrected chi connectivity index (χ1v) is 12.1. The van der Waals surface area contributed by atoms with Crippen LogP contribution in [-0.4, -0.2) is 63.6 Å². The summed E-state index contributed by atoms with van der Waals surface area (Å²) in [6, 6.07) is 10.3.